The summed E-state index contributed by atoms with van der Waals surface area (Å²) >= 11 is 0. The molecule has 1 aliphatic heterocycles. The summed E-state index contributed by atoms with van der Waals surface area (Å²) in [4.78, 5) is 26.8. The molecule has 1 aromatic carbocycles. The number of amides is 2. The molecule has 1 saturated heterocycles. The fourth-order valence-corrected chi connectivity index (χ4v) is 3.35. The number of hydrogen-bond donors (Lipinski definition) is 1. The molecule has 0 saturated carbocycles. The lowest BCUT2D eigenvalue weighted by atomic mass is 9.97. The van der Waals surface area contributed by atoms with Gasteiger partial charge >= 0.3 is 0 Å². The van der Waals surface area contributed by atoms with E-state index in [4.69, 9.17) is 4.42 Å². The van der Waals surface area contributed by atoms with E-state index in [1.54, 1.807) is 17.2 Å². The van der Waals surface area contributed by atoms with Crippen LogP contribution in [0.15, 0.2) is 41.0 Å². The van der Waals surface area contributed by atoms with Crippen LogP contribution in [-0.4, -0.2) is 18.4 Å². The largest absolute Gasteiger partial charge is 0.467 e. The van der Waals surface area contributed by atoms with E-state index in [2.05, 4.69) is 25.2 Å². The predicted molar refractivity (Wildman–Crippen MR) is 96.3 cm³/mol. The SMILES string of the molecule is Cc1cccc(C(C)C)c1N1CC(C(=O)NCc2ccco2)CC1=O. The van der Waals surface area contributed by atoms with Crippen LogP contribution in [0.2, 0.25) is 0 Å². The first-order valence-corrected chi connectivity index (χ1v) is 8.67. The van der Waals surface area contributed by atoms with Crippen LogP contribution in [0.25, 0.3) is 0 Å². The Morgan fingerprint density at radius 2 is 2.12 bits per heavy atom. The maximum atomic E-state index is 12.6. The summed E-state index contributed by atoms with van der Waals surface area (Å²) in [6, 6.07) is 9.69. The van der Waals surface area contributed by atoms with E-state index in [1.165, 1.54) is 0 Å². The second-order valence-corrected chi connectivity index (χ2v) is 6.87. The number of carbonyl (C=O) groups is 2. The van der Waals surface area contributed by atoms with Crippen molar-refractivity contribution in [3.8, 4) is 0 Å². The van der Waals surface area contributed by atoms with E-state index >= 15 is 0 Å². The zero-order chi connectivity index (χ0) is 18.0. The Morgan fingerprint density at radius 1 is 1.32 bits per heavy atom. The molecule has 0 spiro atoms. The molecule has 25 heavy (non-hydrogen) atoms. The fraction of sp³-hybridized carbons (Fsp3) is 0.400. The van der Waals surface area contributed by atoms with Gasteiger partial charge in [-0.1, -0.05) is 32.0 Å². The summed E-state index contributed by atoms with van der Waals surface area (Å²) in [5.41, 5.74) is 3.17. The van der Waals surface area contributed by atoms with Gasteiger partial charge in [0.25, 0.3) is 0 Å². The number of benzene rings is 1. The third-order valence-corrected chi connectivity index (χ3v) is 4.67. The van der Waals surface area contributed by atoms with Gasteiger partial charge in [-0.25, -0.2) is 0 Å². The van der Waals surface area contributed by atoms with Crippen LogP contribution < -0.4 is 10.2 Å². The Bertz CT molecular complexity index is 765. The van der Waals surface area contributed by atoms with Crippen molar-refractivity contribution < 1.29 is 14.0 Å². The normalized spacial score (nSPS) is 17.4. The second kappa shape index (κ2) is 7.13. The van der Waals surface area contributed by atoms with Crippen molar-refractivity contribution in [1.82, 2.24) is 5.32 Å². The van der Waals surface area contributed by atoms with Crippen molar-refractivity contribution in [1.29, 1.82) is 0 Å². The van der Waals surface area contributed by atoms with Gasteiger partial charge in [-0.2, -0.15) is 0 Å². The minimum atomic E-state index is -0.331. The molecule has 1 aromatic heterocycles. The number of nitrogens with zero attached hydrogens (tertiary/aromatic N) is 1. The molecule has 1 atom stereocenters. The standard InChI is InChI=1S/C20H24N2O3/c1-13(2)17-8-4-6-14(3)19(17)22-12-15(10-18(22)23)20(24)21-11-16-7-5-9-25-16/h4-9,13,15H,10-12H2,1-3H3,(H,21,24). The average molecular weight is 340 g/mol. The minimum absolute atomic E-state index is 0.00866. The van der Waals surface area contributed by atoms with E-state index in [-0.39, 0.29) is 24.2 Å². The van der Waals surface area contributed by atoms with E-state index in [0.29, 0.717) is 24.8 Å². The topological polar surface area (TPSA) is 62.6 Å². The van der Waals surface area contributed by atoms with Crippen molar-refractivity contribution in [2.45, 2.75) is 39.7 Å². The van der Waals surface area contributed by atoms with Crippen molar-refractivity contribution in [2.24, 2.45) is 5.92 Å². The quantitative estimate of drug-likeness (QED) is 0.907. The van der Waals surface area contributed by atoms with Gasteiger partial charge in [0.05, 0.1) is 18.7 Å². The van der Waals surface area contributed by atoms with E-state index in [1.807, 2.05) is 25.1 Å². The molecule has 1 N–H and O–H groups in total. The summed E-state index contributed by atoms with van der Waals surface area (Å²) in [5.74, 6) is 0.591. The highest BCUT2D eigenvalue weighted by Gasteiger charge is 2.36. The number of para-hydroxylation sites is 1. The molecular formula is C20H24N2O3. The third-order valence-electron chi connectivity index (χ3n) is 4.67. The molecule has 2 aromatic rings. The molecule has 0 bridgehead atoms. The van der Waals surface area contributed by atoms with Crippen LogP contribution in [-0.2, 0) is 16.1 Å². The van der Waals surface area contributed by atoms with Crippen molar-refractivity contribution >= 4 is 17.5 Å². The lowest BCUT2D eigenvalue weighted by Gasteiger charge is -2.24. The van der Waals surface area contributed by atoms with Crippen molar-refractivity contribution in [3.05, 3.63) is 53.5 Å². The molecule has 2 heterocycles. The maximum Gasteiger partial charge on any atom is 0.227 e. The number of hydrogen-bond acceptors (Lipinski definition) is 3. The highest BCUT2D eigenvalue weighted by atomic mass is 16.3. The smallest absolute Gasteiger partial charge is 0.227 e. The summed E-state index contributed by atoms with van der Waals surface area (Å²) in [7, 11) is 0. The Morgan fingerprint density at radius 3 is 2.80 bits per heavy atom. The van der Waals surface area contributed by atoms with Gasteiger partial charge in [0.1, 0.15) is 5.76 Å². The van der Waals surface area contributed by atoms with Gasteiger partial charge in [0, 0.05) is 18.7 Å². The molecule has 5 heteroatoms. The van der Waals surface area contributed by atoms with Crippen LogP contribution in [0.5, 0.6) is 0 Å². The lowest BCUT2D eigenvalue weighted by molar-refractivity contribution is -0.126. The van der Waals surface area contributed by atoms with Gasteiger partial charge in [0.15, 0.2) is 0 Å². The molecule has 0 radical (unpaired) electrons. The Labute approximate surface area is 148 Å². The molecule has 0 aliphatic carbocycles. The fourth-order valence-electron chi connectivity index (χ4n) is 3.35. The summed E-state index contributed by atoms with van der Waals surface area (Å²) in [6.45, 7) is 7.02. The van der Waals surface area contributed by atoms with E-state index < -0.39 is 0 Å². The first-order valence-electron chi connectivity index (χ1n) is 8.67. The predicted octanol–water partition coefficient (Wildman–Crippen LogP) is 3.38. The summed E-state index contributed by atoms with van der Waals surface area (Å²) < 4.78 is 5.22. The van der Waals surface area contributed by atoms with Gasteiger partial charge < -0.3 is 14.6 Å². The monoisotopic (exact) mass is 340 g/mol. The number of anilines is 1. The maximum absolute atomic E-state index is 12.6. The van der Waals surface area contributed by atoms with Gasteiger partial charge in [-0.05, 0) is 36.1 Å². The zero-order valence-corrected chi connectivity index (χ0v) is 14.9. The van der Waals surface area contributed by atoms with E-state index in [9.17, 15) is 9.59 Å². The molecule has 5 nitrogen and oxygen atoms in total. The second-order valence-electron chi connectivity index (χ2n) is 6.87. The number of rotatable bonds is 5. The van der Waals surface area contributed by atoms with Gasteiger partial charge in [-0.3, -0.25) is 9.59 Å². The average Bonchev–Trinajstić information content (AvgIpc) is 3.22. The van der Waals surface area contributed by atoms with E-state index in [0.717, 1.165) is 16.8 Å². The van der Waals surface area contributed by atoms with Crippen LogP contribution in [0.1, 0.15) is 43.1 Å². The van der Waals surface area contributed by atoms with Gasteiger partial charge in [0.2, 0.25) is 11.8 Å². The molecule has 1 aliphatic rings. The highest BCUT2D eigenvalue weighted by molar-refractivity contribution is 6.01. The Hall–Kier alpha value is -2.56. The summed E-state index contributed by atoms with van der Waals surface area (Å²) in [5, 5.41) is 2.86. The molecule has 1 unspecified atom stereocenters. The molecule has 3 rings (SSSR count). The number of carbonyl (C=O) groups excluding carboxylic acids is 2. The van der Waals surface area contributed by atoms with Crippen LogP contribution in [0, 0.1) is 12.8 Å². The molecule has 1 fully saturated rings. The van der Waals surface area contributed by atoms with Gasteiger partial charge in [-0.15, -0.1) is 0 Å². The number of furan rings is 1. The van der Waals surface area contributed by atoms with Crippen LogP contribution >= 0.6 is 0 Å². The zero-order valence-electron chi connectivity index (χ0n) is 14.9. The first-order chi connectivity index (χ1) is 12.0. The minimum Gasteiger partial charge on any atom is -0.467 e. The molecule has 2 amide bonds. The lowest BCUT2D eigenvalue weighted by Crippen LogP contribution is -2.33. The Balaban J connectivity index is 1.74. The number of nitrogens with one attached hydrogen (secondary N) is 1. The molecule has 132 valence electrons. The Kier molecular flexibility index (Phi) is 4.93. The van der Waals surface area contributed by atoms with Crippen LogP contribution in [0.3, 0.4) is 0 Å². The van der Waals surface area contributed by atoms with Crippen molar-refractivity contribution in [2.75, 3.05) is 11.4 Å². The first kappa shape index (κ1) is 17.3. The highest BCUT2D eigenvalue weighted by Crippen LogP contribution is 2.34. The van der Waals surface area contributed by atoms with Crippen LogP contribution in [0.4, 0.5) is 5.69 Å². The summed E-state index contributed by atoms with van der Waals surface area (Å²) in [6.07, 6.45) is 1.82. The number of aryl methyl sites for hydroxylation is 1. The van der Waals surface area contributed by atoms with Crippen molar-refractivity contribution in [3.63, 3.8) is 0 Å². The molecular weight excluding hydrogens is 316 g/mol. The third kappa shape index (κ3) is 3.60.